The third-order valence-corrected chi connectivity index (χ3v) is 5.06. The Balaban J connectivity index is 2.04. The van der Waals surface area contributed by atoms with E-state index in [1.165, 1.54) is 6.34 Å². The molecule has 0 aliphatic heterocycles. The van der Waals surface area contributed by atoms with Crippen LogP contribution in [0.3, 0.4) is 0 Å². The van der Waals surface area contributed by atoms with Gasteiger partial charge < -0.3 is 20.9 Å². The van der Waals surface area contributed by atoms with E-state index in [0.717, 1.165) is 28.2 Å². The van der Waals surface area contributed by atoms with Crippen molar-refractivity contribution in [1.82, 2.24) is 4.57 Å². The van der Waals surface area contributed by atoms with E-state index < -0.39 is 5.91 Å². The number of hydrogen-bond donors (Lipinski definition) is 2. The Morgan fingerprint density at radius 2 is 1.85 bits per heavy atom. The smallest absolute Gasteiger partial charge is 0.306 e. The van der Waals surface area contributed by atoms with Crippen molar-refractivity contribution in [3.05, 3.63) is 71.4 Å². The van der Waals surface area contributed by atoms with E-state index >= 15 is 0 Å². The number of rotatable bonds is 9. The maximum Gasteiger partial charge on any atom is 0.306 e. The molecule has 0 aliphatic rings. The molecule has 3 rings (SSSR count). The van der Waals surface area contributed by atoms with Crippen molar-refractivity contribution in [3.8, 4) is 16.9 Å². The predicted octanol–water partition coefficient (Wildman–Crippen LogP) is 4.03. The van der Waals surface area contributed by atoms with Crippen LogP contribution in [0.15, 0.2) is 69.9 Å². The van der Waals surface area contributed by atoms with Gasteiger partial charge in [0.1, 0.15) is 6.34 Å². The van der Waals surface area contributed by atoms with E-state index in [4.69, 9.17) is 16.3 Å². The summed E-state index contributed by atoms with van der Waals surface area (Å²) in [6, 6.07) is 16.9. The lowest BCUT2D eigenvalue weighted by Crippen LogP contribution is -2.12. The molecule has 0 bridgehead atoms. The Morgan fingerprint density at radius 1 is 1.09 bits per heavy atom. The van der Waals surface area contributed by atoms with Crippen LogP contribution >= 0.6 is 0 Å². The highest BCUT2D eigenvalue weighted by Gasteiger charge is 2.16. The van der Waals surface area contributed by atoms with Gasteiger partial charge in [0.15, 0.2) is 0 Å². The summed E-state index contributed by atoms with van der Waals surface area (Å²) in [5.74, 6) is 4.25. The highest BCUT2D eigenvalue weighted by atomic mass is 16.5. The monoisotopic (exact) mass is 446 g/mol. The first kappa shape index (κ1) is 23.4. The number of nitrogens with two attached hydrogens (primary N) is 2. The number of nitrogens with zero attached hydrogens (tertiary/aromatic N) is 4. The molecule has 2 aromatic carbocycles. The molecule has 0 saturated carbocycles. The van der Waals surface area contributed by atoms with Crippen molar-refractivity contribution in [2.24, 2.45) is 26.9 Å². The van der Waals surface area contributed by atoms with Crippen molar-refractivity contribution >= 4 is 23.9 Å². The molecule has 0 aliphatic carbocycles. The average Bonchev–Trinajstić information content (AvgIpc) is 3.22. The van der Waals surface area contributed by atoms with Crippen LogP contribution in [0.4, 0.5) is 5.69 Å². The van der Waals surface area contributed by atoms with Gasteiger partial charge in [0.25, 0.3) is 0 Å². The van der Waals surface area contributed by atoms with Gasteiger partial charge in [-0.1, -0.05) is 17.4 Å². The SMILES string of the molecule is CCOC(=O)CCc1ccc(-c2ccc(N=CN=NN)cc2)n1-c1ccc(C(N)=O)cc1C. The number of aliphatic imine (C=N–C) groups is 1. The van der Waals surface area contributed by atoms with Crippen molar-refractivity contribution in [1.29, 1.82) is 0 Å². The van der Waals surface area contributed by atoms with Gasteiger partial charge in [-0.3, -0.25) is 9.59 Å². The normalized spacial score (nSPS) is 11.3. The summed E-state index contributed by atoms with van der Waals surface area (Å²) in [6.45, 7) is 4.06. The van der Waals surface area contributed by atoms with Gasteiger partial charge in [-0.15, -0.1) is 5.11 Å². The lowest BCUT2D eigenvalue weighted by molar-refractivity contribution is -0.143. The predicted molar refractivity (Wildman–Crippen MR) is 127 cm³/mol. The van der Waals surface area contributed by atoms with E-state index in [1.807, 2.05) is 49.4 Å². The van der Waals surface area contributed by atoms with Crippen LogP contribution in [0.1, 0.15) is 35.0 Å². The number of ether oxygens (including phenoxy) is 1. The topological polar surface area (TPSA) is 137 Å². The number of hydrogen-bond acceptors (Lipinski definition) is 5. The van der Waals surface area contributed by atoms with Gasteiger partial charge in [0, 0.05) is 16.9 Å². The van der Waals surface area contributed by atoms with Crippen LogP contribution in [0.5, 0.6) is 0 Å². The quantitative estimate of drug-likeness (QED) is 0.128. The zero-order valence-electron chi connectivity index (χ0n) is 18.6. The van der Waals surface area contributed by atoms with Gasteiger partial charge >= 0.3 is 5.97 Å². The lowest BCUT2D eigenvalue weighted by atomic mass is 10.1. The molecule has 0 unspecified atom stereocenters. The molecule has 9 nitrogen and oxygen atoms in total. The highest BCUT2D eigenvalue weighted by Crippen LogP contribution is 2.30. The lowest BCUT2D eigenvalue weighted by Gasteiger charge is -2.17. The number of amides is 1. The number of carbonyl (C=O) groups excluding carboxylic acids is 2. The molecular weight excluding hydrogens is 420 g/mol. The first-order valence-corrected chi connectivity index (χ1v) is 10.4. The summed E-state index contributed by atoms with van der Waals surface area (Å²) < 4.78 is 7.17. The molecule has 3 aromatic rings. The largest absolute Gasteiger partial charge is 0.466 e. The fourth-order valence-electron chi connectivity index (χ4n) is 3.55. The summed E-state index contributed by atoms with van der Waals surface area (Å²) in [7, 11) is 0. The molecular formula is C24H26N6O3. The summed E-state index contributed by atoms with van der Waals surface area (Å²) >= 11 is 0. The van der Waals surface area contributed by atoms with Crippen LogP contribution in [-0.2, 0) is 16.0 Å². The Labute approximate surface area is 191 Å². The third-order valence-electron chi connectivity index (χ3n) is 5.06. The number of primary amides is 1. The van der Waals surface area contributed by atoms with Gasteiger partial charge in [0.2, 0.25) is 5.91 Å². The van der Waals surface area contributed by atoms with Crippen LogP contribution < -0.4 is 11.6 Å². The minimum Gasteiger partial charge on any atom is -0.466 e. The van der Waals surface area contributed by atoms with Crippen LogP contribution in [0.25, 0.3) is 16.9 Å². The van der Waals surface area contributed by atoms with Crippen molar-refractivity contribution < 1.29 is 14.3 Å². The number of aromatic nitrogens is 1. The summed E-state index contributed by atoms with van der Waals surface area (Å²) in [4.78, 5) is 27.7. The third kappa shape index (κ3) is 5.70. The van der Waals surface area contributed by atoms with Gasteiger partial charge in [-0.2, -0.15) is 0 Å². The van der Waals surface area contributed by atoms with Crippen molar-refractivity contribution in [2.45, 2.75) is 26.7 Å². The molecule has 0 atom stereocenters. The molecule has 170 valence electrons. The zero-order chi connectivity index (χ0) is 23.8. The summed E-state index contributed by atoms with van der Waals surface area (Å²) in [5, 5.41) is 6.66. The molecule has 0 radical (unpaired) electrons. The fraction of sp³-hybridized carbons (Fsp3) is 0.208. The Kier molecular flexibility index (Phi) is 7.69. The van der Waals surface area contributed by atoms with E-state index in [0.29, 0.717) is 24.3 Å². The summed E-state index contributed by atoms with van der Waals surface area (Å²) in [5.41, 5.74) is 11.2. The molecule has 4 N–H and O–H groups in total. The fourth-order valence-corrected chi connectivity index (χ4v) is 3.55. The van der Waals surface area contributed by atoms with Gasteiger partial charge in [-0.05, 0) is 73.9 Å². The van der Waals surface area contributed by atoms with Crippen LogP contribution in [0, 0.1) is 6.92 Å². The number of benzene rings is 2. The molecule has 1 aromatic heterocycles. The molecule has 33 heavy (non-hydrogen) atoms. The number of carbonyl (C=O) groups is 2. The maximum atomic E-state index is 12.0. The average molecular weight is 447 g/mol. The first-order valence-electron chi connectivity index (χ1n) is 10.4. The zero-order valence-corrected chi connectivity index (χ0v) is 18.6. The van der Waals surface area contributed by atoms with Crippen molar-refractivity contribution in [3.63, 3.8) is 0 Å². The second-order valence-corrected chi connectivity index (χ2v) is 7.24. The van der Waals surface area contributed by atoms with Gasteiger partial charge in [-0.25, -0.2) is 4.99 Å². The van der Waals surface area contributed by atoms with Crippen molar-refractivity contribution in [2.75, 3.05) is 6.61 Å². The Bertz CT molecular complexity index is 1200. The van der Waals surface area contributed by atoms with E-state index in [-0.39, 0.29) is 12.4 Å². The maximum absolute atomic E-state index is 12.0. The van der Waals surface area contributed by atoms with Crippen LogP contribution in [0.2, 0.25) is 0 Å². The first-order chi connectivity index (χ1) is 15.9. The summed E-state index contributed by atoms with van der Waals surface area (Å²) in [6.07, 6.45) is 2.04. The Hall–Kier alpha value is -4.27. The van der Waals surface area contributed by atoms with Gasteiger partial charge in [0.05, 0.1) is 24.4 Å². The molecule has 0 saturated heterocycles. The van der Waals surface area contributed by atoms with E-state index in [9.17, 15) is 9.59 Å². The van der Waals surface area contributed by atoms with Crippen LogP contribution in [-0.4, -0.2) is 29.4 Å². The molecule has 0 spiro atoms. The van der Waals surface area contributed by atoms with E-state index in [2.05, 4.69) is 19.9 Å². The minimum atomic E-state index is -0.481. The van der Waals surface area contributed by atoms with E-state index in [1.54, 1.807) is 19.1 Å². The highest BCUT2D eigenvalue weighted by molar-refractivity contribution is 5.93. The Morgan fingerprint density at radius 3 is 2.48 bits per heavy atom. The number of aryl methyl sites for hydroxylation is 2. The second kappa shape index (κ2) is 10.9. The molecule has 1 amide bonds. The number of esters is 1. The molecule has 1 heterocycles. The standard InChI is InChI=1S/C24H26N6O3/c1-3-33-23(31)13-10-20-9-12-22(17-4-7-19(8-5-17)27-15-28-29-26)30(20)21-11-6-18(24(25)32)14-16(21)2/h4-9,11-12,14-15H,3,10,13H2,1-2H3,(H2,25,32)(H2,26,27,28). The molecule has 0 fully saturated rings. The minimum absolute atomic E-state index is 0.246. The molecule has 9 heteroatoms. The second-order valence-electron chi connectivity index (χ2n) is 7.24.